The van der Waals surface area contributed by atoms with Crippen molar-refractivity contribution in [1.29, 1.82) is 0 Å². The first-order valence-electron chi connectivity index (χ1n) is 8.94. The van der Waals surface area contributed by atoms with Crippen LogP contribution in [0.4, 0.5) is 0 Å². The van der Waals surface area contributed by atoms with Crippen molar-refractivity contribution in [3.05, 3.63) is 0 Å². The lowest BCUT2D eigenvalue weighted by atomic mass is 9.93. The second-order valence-electron chi connectivity index (χ2n) is 6.36. The van der Waals surface area contributed by atoms with Gasteiger partial charge in [0.1, 0.15) is 0 Å². The Balaban J connectivity index is 0.00000625. The number of carbonyl (C=O) groups is 1. The molecule has 1 amide bonds. The molecule has 0 bridgehead atoms. The van der Waals surface area contributed by atoms with Crippen molar-refractivity contribution in [1.82, 2.24) is 19.8 Å². The van der Waals surface area contributed by atoms with E-state index < -0.39 is 10.0 Å². The van der Waals surface area contributed by atoms with E-state index >= 15 is 0 Å². The zero-order chi connectivity index (χ0) is 18.9. The van der Waals surface area contributed by atoms with Gasteiger partial charge in [-0.1, -0.05) is 0 Å². The maximum atomic E-state index is 11.7. The molecule has 1 fully saturated rings. The summed E-state index contributed by atoms with van der Waals surface area (Å²) >= 11 is 0. The van der Waals surface area contributed by atoms with E-state index in [2.05, 4.69) is 20.5 Å². The molecule has 1 aliphatic rings. The minimum absolute atomic E-state index is 0. The van der Waals surface area contributed by atoms with E-state index in [0.29, 0.717) is 25.4 Å². The van der Waals surface area contributed by atoms with Crippen LogP contribution in [-0.4, -0.2) is 82.6 Å². The van der Waals surface area contributed by atoms with E-state index in [-0.39, 0.29) is 35.6 Å². The third-order valence-corrected chi connectivity index (χ3v) is 6.51. The molecule has 0 aromatic heterocycles. The molecule has 0 atom stereocenters. The van der Waals surface area contributed by atoms with E-state index in [9.17, 15) is 13.2 Å². The van der Waals surface area contributed by atoms with Crippen molar-refractivity contribution >= 4 is 45.9 Å². The Kier molecular flexibility index (Phi) is 12.4. The number of sulfonamides is 1. The number of carbonyl (C=O) groups excluding carboxylic acids is 1. The monoisotopic (exact) mass is 503 g/mol. The second-order valence-corrected chi connectivity index (χ2v) is 8.72. The highest BCUT2D eigenvalue weighted by molar-refractivity contribution is 14.0. The van der Waals surface area contributed by atoms with Crippen LogP contribution in [0, 0.1) is 5.92 Å². The van der Waals surface area contributed by atoms with Crippen LogP contribution >= 0.6 is 24.0 Å². The normalized spacial score (nSPS) is 16.3. The van der Waals surface area contributed by atoms with Gasteiger partial charge in [0.15, 0.2) is 5.96 Å². The summed E-state index contributed by atoms with van der Waals surface area (Å²) in [6.07, 6.45) is 3.27. The van der Waals surface area contributed by atoms with E-state index in [4.69, 9.17) is 0 Å². The van der Waals surface area contributed by atoms with Gasteiger partial charge in [0.25, 0.3) is 0 Å². The van der Waals surface area contributed by atoms with Crippen LogP contribution in [0.3, 0.4) is 0 Å². The number of amides is 1. The molecule has 1 rings (SSSR count). The van der Waals surface area contributed by atoms with Crippen LogP contribution in [0.15, 0.2) is 4.99 Å². The molecule has 1 heterocycles. The van der Waals surface area contributed by atoms with Crippen LogP contribution < -0.4 is 10.6 Å². The third kappa shape index (κ3) is 8.38. The Morgan fingerprint density at radius 3 is 2.42 bits per heavy atom. The molecule has 2 N–H and O–H groups in total. The number of hydrogen-bond acceptors (Lipinski definition) is 4. The van der Waals surface area contributed by atoms with E-state index in [1.54, 1.807) is 28.1 Å². The fourth-order valence-electron chi connectivity index (χ4n) is 2.91. The first kappa shape index (κ1) is 25.4. The molecule has 0 spiro atoms. The van der Waals surface area contributed by atoms with E-state index in [0.717, 1.165) is 38.3 Å². The average Bonchev–Trinajstić information content (AvgIpc) is 2.62. The minimum Gasteiger partial charge on any atom is -0.359 e. The highest BCUT2D eigenvalue weighted by atomic mass is 127. The van der Waals surface area contributed by atoms with Crippen LogP contribution in [-0.2, 0) is 14.8 Å². The highest BCUT2D eigenvalue weighted by Crippen LogP contribution is 2.20. The molecule has 0 aromatic rings. The van der Waals surface area contributed by atoms with Gasteiger partial charge in [0, 0.05) is 53.7 Å². The molecule has 10 heteroatoms. The molecule has 0 unspecified atom stereocenters. The maximum Gasteiger partial charge on any atom is 0.220 e. The number of nitrogens with zero attached hydrogens (tertiary/aromatic N) is 3. The van der Waals surface area contributed by atoms with E-state index in [1.165, 1.54) is 4.31 Å². The first-order valence-corrected chi connectivity index (χ1v) is 10.5. The van der Waals surface area contributed by atoms with E-state index in [1.807, 2.05) is 0 Å². The molecule has 154 valence electrons. The van der Waals surface area contributed by atoms with Crippen LogP contribution in [0.2, 0.25) is 0 Å². The largest absolute Gasteiger partial charge is 0.359 e. The summed E-state index contributed by atoms with van der Waals surface area (Å²) in [5.74, 6) is 1.51. The van der Waals surface area contributed by atoms with Crippen LogP contribution in [0.5, 0.6) is 0 Å². The Labute approximate surface area is 175 Å². The fourth-order valence-corrected chi connectivity index (χ4v) is 3.75. The van der Waals surface area contributed by atoms with Gasteiger partial charge in [-0.2, -0.15) is 0 Å². The topological polar surface area (TPSA) is 94.1 Å². The number of nitrogens with one attached hydrogen (secondary N) is 2. The van der Waals surface area contributed by atoms with Crippen molar-refractivity contribution in [2.24, 2.45) is 10.9 Å². The van der Waals surface area contributed by atoms with Crippen molar-refractivity contribution in [2.45, 2.75) is 32.6 Å². The summed E-state index contributed by atoms with van der Waals surface area (Å²) in [5, 5.41) is 5.99. The first-order chi connectivity index (χ1) is 11.8. The molecule has 0 aliphatic carbocycles. The average molecular weight is 503 g/mol. The van der Waals surface area contributed by atoms with Gasteiger partial charge in [-0.05, 0) is 32.1 Å². The highest BCUT2D eigenvalue weighted by Gasteiger charge is 2.23. The van der Waals surface area contributed by atoms with Gasteiger partial charge in [0.05, 0.1) is 5.75 Å². The molecule has 26 heavy (non-hydrogen) atoms. The van der Waals surface area contributed by atoms with Gasteiger partial charge < -0.3 is 15.5 Å². The van der Waals surface area contributed by atoms with Gasteiger partial charge >= 0.3 is 0 Å². The number of aliphatic imine (C=N–C) groups is 1. The smallest absolute Gasteiger partial charge is 0.220 e. The third-order valence-electron chi connectivity index (χ3n) is 4.65. The Hall–Kier alpha value is -0.620. The molecule has 8 nitrogen and oxygen atoms in total. The quantitative estimate of drug-likeness (QED) is 0.220. The summed E-state index contributed by atoms with van der Waals surface area (Å²) in [7, 11) is 1.93. The van der Waals surface area contributed by atoms with Crippen molar-refractivity contribution in [3.63, 3.8) is 0 Å². The summed E-state index contributed by atoms with van der Waals surface area (Å²) in [6, 6.07) is 0. The van der Waals surface area contributed by atoms with Gasteiger partial charge in [-0.15, -0.1) is 24.0 Å². The predicted octanol–water partition coefficient (Wildman–Crippen LogP) is 0.700. The lowest BCUT2D eigenvalue weighted by Gasteiger charge is -2.34. The maximum absolute atomic E-state index is 11.7. The number of guanidine groups is 1. The summed E-state index contributed by atoms with van der Waals surface area (Å²) in [5.41, 5.74) is 0. The molecule has 0 aromatic carbocycles. The number of piperidine rings is 1. The van der Waals surface area contributed by atoms with Crippen molar-refractivity contribution in [3.8, 4) is 0 Å². The Morgan fingerprint density at radius 2 is 1.92 bits per heavy atom. The number of hydrogen-bond donors (Lipinski definition) is 2. The van der Waals surface area contributed by atoms with Gasteiger partial charge in [-0.3, -0.25) is 9.79 Å². The lowest BCUT2D eigenvalue weighted by Crippen LogP contribution is -2.46. The lowest BCUT2D eigenvalue weighted by molar-refractivity contribution is -0.121. The molecular formula is C16H34IN5O3S. The van der Waals surface area contributed by atoms with Crippen LogP contribution in [0.25, 0.3) is 0 Å². The summed E-state index contributed by atoms with van der Waals surface area (Å²) in [6.45, 7) is 4.58. The molecule has 1 aliphatic heterocycles. The molecule has 0 saturated carbocycles. The SMILES string of the molecule is CCS(=O)(=O)N(C)CCCNC(=NC)N1CCC(CC(=O)NC)CC1.I. The molecule has 0 radical (unpaired) electrons. The van der Waals surface area contributed by atoms with Crippen LogP contribution in [0.1, 0.15) is 32.6 Å². The number of likely N-dealkylation sites (tertiary alicyclic amines) is 1. The summed E-state index contributed by atoms with van der Waals surface area (Å²) in [4.78, 5) is 18.0. The number of halogens is 1. The zero-order valence-corrected chi connectivity index (χ0v) is 19.5. The zero-order valence-electron chi connectivity index (χ0n) is 16.3. The minimum atomic E-state index is -3.11. The Morgan fingerprint density at radius 1 is 1.31 bits per heavy atom. The molecule has 1 saturated heterocycles. The number of rotatable bonds is 8. The standard InChI is InChI=1S/C16H33N5O3S.HI/c1-5-25(23,24)20(4)10-6-9-19-16(18-3)21-11-7-14(8-12-21)13-15(22)17-2;/h14H,5-13H2,1-4H3,(H,17,22)(H,18,19);1H. The van der Waals surface area contributed by atoms with Crippen molar-refractivity contribution in [2.75, 3.05) is 53.1 Å². The van der Waals surface area contributed by atoms with Crippen molar-refractivity contribution < 1.29 is 13.2 Å². The second kappa shape index (κ2) is 12.7. The fraction of sp³-hybridized carbons (Fsp3) is 0.875. The molecular weight excluding hydrogens is 469 g/mol. The van der Waals surface area contributed by atoms with Gasteiger partial charge in [0.2, 0.25) is 15.9 Å². The Bertz CT molecular complexity index is 548. The predicted molar refractivity (Wildman–Crippen MR) is 116 cm³/mol. The van der Waals surface area contributed by atoms with Gasteiger partial charge in [-0.25, -0.2) is 12.7 Å². The summed E-state index contributed by atoms with van der Waals surface area (Å²) < 4.78 is 24.8.